The summed E-state index contributed by atoms with van der Waals surface area (Å²) in [4.78, 5) is 2.45. The Hall–Kier alpha value is 0.725. The topological polar surface area (TPSA) is 3.24 Å². The molecular formula is C11H24BNS2. The molecule has 15 heavy (non-hydrogen) atoms. The van der Waals surface area contributed by atoms with Crippen molar-refractivity contribution in [2.45, 2.75) is 61.3 Å². The van der Waals surface area contributed by atoms with Crippen LogP contribution in [0.4, 0.5) is 0 Å². The third-order valence-corrected chi connectivity index (χ3v) is 5.32. The molecule has 1 aliphatic heterocycles. The van der Waals surface area contributed by atoms with Gasteiger partial charge in [0.05, 0.1) is 0 Å². The quantitative estimate of drug-likeness (QED) is 0.586. The second-order valence-corrected chi connectivity index (χ2v) is 7.17. The summed E-state index contributed by atoms with van der Waals surface area (Å²) in [5.74, 6) is 0.804. The van der Waals surface area contributed by atoms with Crippen molar-refractivity contribution in [3.63, 3.8) is 0 Å². The van der Waals surface area contributed by atoms with E-state index in [1.54, 1.807) is 0 Å². The summed E-state index contributed by atoms with van der Waals surface area (Å²) in [7, 11) is 4.55. The first-order valence-corrected chi connectivity index (χ1v) is 7.57. The van der Waals surface area contributed by atoms with Crippen LogP contribution in [0.2, 0.25) is 5.82 Å². The summed E-state index contributed by atoms with van der Waals surface area (Å²) < 4.78 is 0.413. The SMILES string of the molecule is BC(C)CC1SC(S)N(C)C1CCCC. The molecule has 0 aromatic rings. The number of hydrogen-bond acceptors (Lipinski definition) is 3. The number of thiol groups is 1. The smallest absolute Gasteiger partial charge is 0.105 e. The fraction of sp³-hybridized carbons (Fsp3) is 1.00. The van der Waals surface area contributed by atoms with E-state index in [9.17, 15) is 0 Å². The average Bonchev–Trinajstić information content (AvgIpc) is 2.40. The summed E-state index contributed by atoms with van der Waals surface area (Å²) in [6.45, 7) is 4.60. The van der Waals surface area contributed by atoms with E-state index in [0.29, 0.717) is 4.71 Å². The largest absolute Gasteiger partial charge is 0.282 e. The van der Waals surface area contributed by atoms with Crippen molar-refractivity contribution in [1.29, 1.82) is 0 Å². The van der Waals surface area contributed by atoms with Crippen LogP contribution in [-0.2, 0) is 0 Å². The molecule has 1 nitrogen and oxygen atoms in total. The molecular weight excluding hydrogens is 221 g/mol. The molecule has 1 fully saturated rings. The number of hydrogen-bond donors (Lipinski definition) is 1. The molecule has 88 valence electrons. The summed E-state index contributed by atoms with van der Waals surface area (Å²) in [6.07, 6.45) is 5.33. The molecule has 0 bridgehead atoms. The van der Waals surface area contributed by atoms with Crippen molar-refractivity contribution < 1.29 is 0 Å². The fourth-order valence-electron chi connectivity index (χ4n) is 2.25. The molecule has 0 amide bonds. The van der Waals surface area contributed by atoms with E-state index in [1.165, 1.54) is 25.7 Å². The Kier molecular flexibility index (Phi) is 5.94. The molecule has 0 aliphatic carbocycles. The van der Waals surface area contributed by atoms with Crippen LogP contribution in [0.15, 0.2) is 0 Å². The maximum absolute atomic E-state index is 4.64. The minimum atomic E-state index is 0.413. The Morgan fingerprint density at radius 1 is 1.53 bits per heavy atom. The highest BCUT2D eigenvalue weighted by molar-refractivity contribution is 8.10. The van der Waals surface area contributed by atoms with E-state index in [1.807, 2.05) is 0 Å². The number of nitrogens with zero attached hydrogens (tertiary/aromatic N) is 1. The van der Waals surface area contributed by atoms with Crippen LogP contribution in [0.3, 0.4) is 0 Å². The maximum Gasteiger partial charge on any atom is 0.105 e. The Morgan fingerprint density at radius 2 is 2.20 bits per heavy atom. The van der Waals surface area contributed by atoms with Crippen LogP contribution < -0.4 is 0 Å². The lowest BCUT2D eigenvalue weighted by Crippen LogP contribution is -2.34. The minimum absolute atomic E-state index is 0.413. The number of unbranched alkanes of at least 4 members (excludes halogenated alkanes) is 1. The van der Waals surface area contributed by atoms with Gasteiger partial charge in [0.2, 0.25) is 0 Å². The summed E-state index contributed by atoms with van der Waals surface area (Å²) in [6, 6.07) is 0.750. The van der Waals surface area contributed by atoms with Gasteiger partial charge in [0.1, 0.15) is 12.6 Å². The van der Waals surface area contributed by atoms with Gasteiger partial charge in [0.25, 0.3) is 0 Å². The highest BCUT2D eigenvalue weighted by Crippen LogP contribution is 2.41. The van der Waals surface area contributed by atoms with Gasteiger partial charge in [-0.2, -0.15) is 0 Å². The van der Waals surface area contributed by atoms with Gasteiger partial charge in [-0.15, -0.1) is 24.4 Å². The Bertz CT molecular complexity index is 187. The zero-order valence-electron chi connectivity index (χ0n) is 10.4. The van der Waals surface area contributed by atoms with E-state index in [0.717, 1.165) is 17.1 Å². The van der Waals surface area contributed by atoms with Crippen molar-refractivity contribution >= 4 is 32.2 Å². The normalized spacial score (nSPS) is 34.5. The van der Waals surface area contributed by atoms with Gasteiger partial charge in [0.15, 0.2) is 0 Å². The molecule has 0 N–H and O–H groups in total. The third-order valence-electron chi connectivity index (χ3n) is 3.15. The second-order valence-electron chi connectivity index (χ2n) is 5.01. The van der Waals surface area contributed by atoms with Crippen molar-refractivity contribution in [2.24, 2.45) is 0 Å². The van der Waals surface area contributed by atoms with Gasteiger partial charge in [-0.1, -0.05) is 32.5 Å². The van der Waals surface area contributed by atoms with Crippen LogP contribution in [0.5, 0.6) is 0 Å². The van der Waals surface area contributed by atoms with Crippen LogP contribution in [0.25, 0.3) is 0 Å². The Labute approximate surface area is 106 Å². The second kappa shape index (κ2) is 6.46. The highest BCUT2D eigenvalue weighted by Gasteiger charge is 2.37. The van der Waals surface area contributed by atoms with Crippen molar-refractivity contribution in [2.75, 3.05) is 7.05 Å². The van der Waals surface area contributed by atoms with E-state index in [-0.39, 0.29) is 0 Å². The molecule has 1 heterocycles. The zero-order valence-corrected chi connectivity index (χ0v) is 12.2. The van der Waals surface area contributed by atoms with Crippen molar-refractivity contribution in [1.82, 2.24) is 4.90 Å². The molecule has 0 aromatic heterocycles. The number of thioether (sulfide) groups is 1. The van der Waals surface area contributed by atoms with E-state index < -0.39 is 0 Å². The summed E-state index contributed by atoms with van der Waals surface area (Å²) >= 11 is 6.69. The van der Waals surface area contributed by atoms with Crippen LogP contribution in [-0.4, -0.2) is 35.8 Å². The first kappa shape index (κ1) is 13.8. The van der Waals surface area contributed by atoms with Crippen LogP contribution in [0.1, 0.15) is 39.5 Å². The molecule has 0 radical (unpaired) electrons. The zero-order chi connectivity index (χ0) is 11.4. The van der Waals surface area contributed by atoms with Gasteiger partial charge in [-0.05, 0) is 19.9 Å². The van der Waals surface area contributed by atoms with Gasteiger partial charge in [-0.25, -0.2) is 0 Å². The molecule has 1 aliphatic rings. The lowest BCUT2D eigenvalue weighted by Gasteiger charge is -2.25. The molecule has 1 rings (SSSR count). The fourth-order valence-corrected chi connectivity index (χ4v) is 4.56. The number of rotatable bonds is 5. The Morgan fingerprint density at radius 3 is 2.73 bits per heavy atom. The van der Waals surface area contributed by atoms with Gasteiger partial charge in [0, 0.05) is 11.3 Å². The molecule has 0 spiro atoms. The highest BCUT2D eigenvalue weighted by atomic mass is 32.2. The summed E-state index contributed by atoms with van der Waals surface area (Å²) in [5, 5.41) is 0.795. The molecule has 0 aromatic carbocycles. The minimum Gasteiger partial charge on any atom is -0.282 e. The van der Waals surface area contributed by atoms with E-state index in [4.69, 9.17) is 0 Å². The summed E-state index contributed by atoms with van der Waals surface area (Å²) in [5.41, 5.74) is 0. The lowest BCUT2D eigenvalue weighted by atomic mass is 9.83. The first-order valence-electron chi connectivity index (χ1n) is 6.11. The molecule has 4 atom stereocenters. The first-order chi connectivity index (χ1) is 7.06. The standard InChI is InChI=1S/C11H24BNS2/c1-4-5-6-9-10(7-8(2)12)15-11(14)13(9)3/h8-11,14H,4-7,12H2,1-3H3. The predicted octanol–water partition coefficient (Wildman–Crippen LogP) is 2.64. The van der Waals surface area contributed by atoms with Gasteiger partial charge in [-0.3, -0.25) is 4.90 Å². The van der Waals surface area contributed by atoms with Crippen LogP contribution >= 0.6 is 24.4 Å². The predicted molar refractivity (Wildman–Crippen MR) is 77.8 cm³/mol. The van der Waals surface area contributed by atoms with Crippen molar-refractivity contribution in [3.8, 4) is 0 Å². The van der Waals surface area contributed by atoms with Gasteiger partial charge >= 0.3 is 0 Å². The monoisotopic (exact) mass is 245 g/mol. The lowest BCUT2D eigenvalue weighted by molar-refractivity contribution is 0.261. The van der Waals surface area contributed by atoms with Gasteiger partial charge < -0.3 is 0 Å². The average molecular weight is 245 g/mol. The molecule has 4 unspecified atom stereocenters. The molecule has 4 heteroatoms. The molecule has 1 saturated heterocycles. The van der Waals surface area contributed by atoms with Crippen LogP contribution in [0, 0.1) is 0 Å². The van der Waals surface area contributed by atoms with E-state index >= 15 is 0 Å². The van der Waals surface area contributed by atoms with Crippen molar-refractivity contribution in [3.05, 3.63) is 0 Å². The van der Waals surface area contributed by atoms with E-state index in [2.05, 4.69) is 58.0 Å². The molecule has 0 saturated carbocycles. The maximum atomic E-state index is 4.64. The Balaban J connectivity index is 2.52. The third kappa shape index (κ3) is 3.90.